The average Bonchev–Trinajstić information content (AvgIpc) is 2.19. The minimum Gasteiger partial charge on any atom is -0.300 e. The third kappa shape index (κ3) is 7.53. The van der Waals surface area contributed by atoms with Crippen molar-refractivity contribution in [2.45, 2.75) is 40.0 Å². The van der Waals surface area contributed by atoms with Crippen LogP contribution in [0.1, 0.15) is 39.2 Å². The van der Waals surface area contributed by atoms with Crippen LogP contribution in [0, 0.1) is 0 Å². The molecule has 0 fully saturated rings. The maximum atomic E-state index is 10.6. The summed E-state index contributed by atoms with van der Waals surface area (Å²) in [6, 6.07) is 9.75. The van der Waals surface area contributed by atoms with Gasteiger partial charge in [-0.3, -0.25) is 4.79 Å². The first kappa shape index (κ1) is 12.9. The molecule has 0 unspecified atom stereocenters. The molecule has 1 aromatic rings. The number of unbranched alkanes of at least 4 members (excludes halogenated alkanes) is 1. The Kier molecular flexibility index (Phi) is 7.81. The van der Waals surface area contributed by atoms with Crippen molar-refractivity contribution in [2.24, 2.45) is 0 Å². The zero-order valence-electron chi connectivity index (χ0n) is 9.42. The molecular formula is C13H20O. The van der Waals surface area contributed by atoms with Gasteiger partial charge in [0.25, 0.3) is 0 Å². The van der Waals surface area contributed by atoms with Crippen molar-refractivity contribution in [3.05, 3.63) is 35.9 Å². The summed E-state index contributed by atoms with van der Waals surface area (Å²) < 4.78 is 0. The molecule has 0 amide bonds. The van der Waals surface area contributed by atoms with Crippen LogP contribution >= 0.6 is 0 Å². The Bertz CT molecular complexity index is 237. The third-order valence-corrected chi connectivity index (χ3v) is 1.80. The molecule has 0 aliphatic rings. The molecular weight excluding hydrogens is 172 g/mol. The van der Waals surface area contributed by atoms with Gasteiger partial charge in [-0.25, -0.2) is 0 Å². The molecule has 0 N–H and O–H groups in total. The van der Waals surface area contributed by atoms with E-state index in [-0.39, 0.29) is 5.78 Å². The van der Waals surface area contributed by atoms with Gasteiger partial charge in [0.05, 0.1) is 0 Å². The van der Waals surface area contributed by atoms with Gasteiger partial charge in [0.2, 0.25) is 0 Å². The van der Waals surface area contributed by atoms with Crippen LogP contribution in [0.25, 0.3) is 0 Å². The number of hydrogen-bond acceptors (Lipinski definition) is 1. The first-order valence-electron chi connectivity index (χ1n) is 5.24. The van der Waals surface area contributed by atoms with E-state index < -0.39 is 0 Å². The van der Waals surface area contributed by atoms with Gasteiger partial charge in [0.15, 0.2) is 0 Å². The molecule has 1 aromatic carbocycles. The number of carbonyl (C=O) groups is 1. The third-order valence-electron chi connectivity index (χ3n) is 1.80. The smallest absolute Gasteiger partial charge is 0.134 e. The lowest BCUT2D eigenvalue weighted by Gasteiger charge is -1.93. The first-order valence-corrected chi connectivity index (χ1v) is 5.24. The number of hydrogen-bond donors (Lipinski definition) is 0. The van der Waals surface area contributed by atoms with E-state index in [9.17, 15) is 4.79 Å². The fraction of sp³-hybridized carbons (Fsp3) is 0.462. The van der Waals surface area contributed by atoms with Gasteiger partial charge in [-0.2, -0.15) is 0 Å². The molecule has 0 spiro atoms. The van der Waals surface area contributed by atoms with Crippen LogP contribution in [0.2, 0.25) is 0 Å². The van der Waals surface area contributed by atoms with E-state index in [4.69, 9.17) is 0 Å². The molecule has 78 valence electrons. The summed E-state index contributed by atoms with van der Waals surface area (Å²) in [4.78, 5) is 10.6. The second-order valence-electron chi connectivity index (χ2n) is 3.36. The SMILES string of the molecule is CC(=O)Cc1ccccc1.CCCC. The van der Waals surface area contributed by atoms with Crippen molar-refractivity contribution in [3.63, 3.8) is 0 Å². The highest BCUT2D eigenvalue weighted by Gasteiger charge is 1.93. The average molecular weight is 192 g/mol. The Hall–Kier alpha value is -1.11. The molecule has 0 aliphatic carbocycles. The van der Waals surface area contributed by atoms with E-state index in [0.29, 0.717) is 6.42 Å². The van der Waals surface area contributed by atoms with Gasteiger partial charge in [-0.1, -0.05) is 57.0 Å². The van der Waals surface area contributed by atoms with Gasteiger partial charge >= 0.3 is 0 Å². The van der Waals surface area contributed by atoms with Crippen LogP contribution in [0.15, 0.2) is 30.3 Å². The Labute approximate surface area is 87.2 Å². The lowest BCUT2D eigenvalue weighted by molar-refractivity contribution is -0.116. The lowest BCUT2D eigenvalue weighted by Crippen LogP contribution is -1.94. The molecule has 0 saturated carbocycles. The molecule has 0 atom stereocenters. The topological polar surface area (TPSA) is 17.1 Å². The lowest BCUT2D eigenvalue weighted by atomic mass is 10.1. The van der Waals surface area contributed by atoms with Crippen molar-refractivity contribution in [1.29, 1.82) is 0 Å². The summed E-state index contributed by atoms with van der Waals surface area (Å²) in [5.74, 6) is 0.214. The van der Waals surface area contributed by atoms with E-state index in [2.05, 4.69) is 13.8 Å². The number of Topliss-reactive ketones (excluding diaryl/α,β-unsaturated/α-hetero) is 1. The van der Waals surface area contributed by atoms with E-state index in [1.165, 1.54) is 12.8 Å². The van der Waals surface area contributed by atoms with E-state index in [1.807, 2.05) is 30.3 Å². The fourth-order valence-electron chi connectivity index (χ4n) is 0.883. The standard InChI is InChI=1S/C9H10O.C4H10/c1-8(10)7-9-5-3-2-4-6-9;1-3-4-2/h2-6H,7H2,1H3;3-4H2,1-2H3. The summed E-state index contributed by atoms with van der Waals surface area (Å²) in [5, 5.41) is 0. The summed E-state index contributed by atoms with van der Waals surface area (Å²) in [6.07, 6.45) is 3.20. The molecule has 1 rings (SSSR count). The largest absolute Gasteiger partial charge is 0.300 e. The van der Waals surface area contributed by atoms with Crippen molar-refractivity contribution in [2.75, 3.05) is 0 Å². The normalized spacial score (nSPS) is 8.79. The van der Waals surface area contributed by atoms with Gasteiger partial charge in [0.1, 0.15) is 5.78 Å². The van der Waals surface area contributed by atoms with Crippen LogP contribution < -0.4 is 0 Å². The fourth-order valence-corrected chi connectivity index (χ4v) is 0.883. The minimum absolute atomic E-state index is 0.214. The van der Waals surface area contributed by atoms with Crippen LogP contribution in [0.5, 0.6) is 0 Å². The second-order valence-corrected chi connectivity index (χ2v) is 3.36. The number of rotatable bonds is 3. The van der Waals surface area contributed by atoms with Gasteiger partial charge < -0.3 is 0 Å². The highest BCUT2D eigenvalue weighted by Crippen LogP contribution is 1.98. The molecule has 0 aliphatic heterocycles. The van der Waals surface area contributed by atoms with Crippen molar-refractivity contribution in [1.82, 2.24) is 0 Å². The molecule has 1 heteroatoms. The van der Waals surface area contributed by atoms with E-state index in [1.54, 1.807) is 6.92 Å². The van der Waals surface area contributed by atoms with Crippen molar-refractivity contribution >= 4 is 5.78 Å². The minimum atomic E-state index is 0.214. The first-order chi connectivity index (χ1) is 6.70. The number of carbonyl (C=O) groups excluding carboxylic acids is 1. The number of benzene rings is 1. The maximum absolute atomic E-state index is 10.6. The molecule has 0 radical (unpaired) electrons. The van der Waals surface area contributed by atoms with Crippen LogP contribution in [-0.4, -0.2) is 5.78 Å². The van der Waals surface area contributed by atoms with Gasteiger partial charge in [-0.05, 0) is 12.5 Å². The van der Waals surface area contributed by atoms with Crippen molar-refractivity contribution in [3.8, 4) is 0 Å². The molecule has 0 bridgehead atoms. The quantitative estimate of drug-likeness (QED) is 0.714. The maximum Gasteiger partial charge on any atom is 0.134 e. The van der Waals surface area contributed by atoms with E-state index >= 15 is 0 Å². The highest BCUT2D eigenvalue weighted by atomic mass is 16.1. The molecule has 0 heterocycles. The summed E-state index contributed by atoms with van der Waals surface area (Å²) in [6.45, 7) is 5.97. The number of ketones is 1. The zero-order valence-corrected chi connectivity index (χ0v) is 9.42. The molecule has 1 nitrogen and oxygen atoms in total. The zero-order chi connectivity index (χ0) is 10.8. The van der Waals surface area contributed by atoms with E-state index in [0.717, 1.165) is 5.56 Å². The monoisotopic (exact) mass is 192 g/mol. The Morgan fingerprint density at radius 3 is 1.93 bits per heavy atom. The Morgan fingerprint density at radius 1 is 1.07 bits per heavy atom. The Morgan fingerprint density at radius 2 is 1.57 bits per heavy atom. The molecule has 14 heavy (non-hydrogen) atoms. The summed E-state index contributed by atoms with van der Waals surface area (Å²) in [7, 11) is 0. The summed E-state index contributed by atoms with van der Waals surface area (Å²) in [5.41, 5.74) is 1.09. The van der Waals surface area contributed by atoms with Gasteiger partial charge in [0, 0.05) is 6.42 Å². The van der Waals surface area contributed by atoms with Crippen molar-refractivity contribution < 1.29 is 4.79 Å². The highest BCUT2D eigenvalue weighted by molar-refractivity contribution is 5.78. The second kappa shape index (κ2) is 8.49. The molecule has 0 aromatic heterocycles. The molecule has 0 saturated heterocycles. The predicted octanol–water partition coefficient (Wildman–Crippen LogP) is 3.62. The van der Waals surface area contributed by atoms with Crippen LogP contribution in [0.4, 0.5) is 0 Å². The Balaban J connectivity index is 0.000000364. The predicted molar refractivity (Wildman–Crippen MR) is 61.4 cm³/mol. The van der Waals surface area contributed by atoms with Crippen LogP contribution in [-0.2, 0) is 11.2 Å². The van der Waals surface area contributed by atoms with Crippen LogP contribution in [0.3, 0.4) is 0 Å². The van der Waals surface area contributed by atoms with Gasteiger partial charge in [-0.15, -0.1) is 0 Å². The summed E-state index contributed by atoms with van der Waals surface area (Å²) >= 11 is 0.